The molecule has 2 bridgehead atoms. The largest absolute Gasteiger partial charge is 0.453 e. The highest BCUT2D eigenvalue weighted by molar-refractivity contribution is 6.02. The van der Waals surface area contributed by atoms with Crippen LogP contribution in [0, 0.1) is 29.6 Å². The van der Waals surface area contributed by atoms with Crippen LogP contribution < -0.4 is 10.6 Å². The molecule has 12 heteroatoms. The van der Waals surface area contributed by atoms with Gasteiger partial charge in [-0.2, -0.15) is 0 Å². The molecular formula is C46H51N7O5. The average Bonchev–Trinajstić information content (AvgIpc) is 4.14. The molecular weight excluding hydrogens is 731 g/mol. The zero-order valence-electron chi connectivity index (χ0n) is 32.9. The van der Waals surface area contributed by atoms with Crippen LogP contribution in [0.1, 0.15) is 74.4 Å². The minimum atomic E-state index is -0.669. The van der Waals surface area contributed by atoms with Gasteiger partial charge >= 0.3 is 6.09 Å². The number of imidazole rings is 1. The second-order valence-electron chi connectivity index (χ2n) is 16.5. The number of pyridine rings is 1. The second-order valence-corrected chi connectivity index (χ2v) is 16.5. The fourth-order valence-corrected chi connectivity index (χ4v) is 10.3. The fraction of sp³-hybridized carbons (Fsp3) is 0.435. The van der Waals surface area contributed by atoms with Gasteiger partial charge in [0.25, 0.3) is 0 Å². The van der Waals surface area contributed by atoms with Gasteiger partial charge in [0.2, 0.25) is 11.8 Å². The van der Waals surface area contributed by atoms with Crippen molar-refractivity contribution in [2.45, 2.75) is 70.0 Å². The average molecular weight is 782 g/mol. The number of likely N-dealkylation sites (tertiary alicyclic amines) is 1. The molecule has 6 atom stereocenters. The first-order chi connectivity index (χ1) is 28.4. The molecule has 58 heavy (non-hydrogen) atoms. The first-order valence-corrected chi connectivity index (χ1v) is 20.8. The number of aliphatic imine (C=N–C) groups is 1. The Labute approximate surface area is 338 Å². The zero-order valence-corrected chi connectivity index (χ0v) is 32.9. The molecule has 2 saturated carbocycles. The monoisotopic (exact) mass is 781 g/mol. The fourth-order valence-electron chi connectivity index (χ4n) is 10.3. The molecule has 3 N–H and O–H groups in total. The summed E-state index contributed by atoms with van der Waals surface area (Å²) in [5, 5.41) is 6.03. The normalized spacial score (nSPS) is 24.6. The van der Waals surface area contributed by atoms with E-state index in [1.165, 1.54) is 19.1 Å². The number of nitrogens with one attached hydrogen (secondary N) is 3. The third-order valence-corrected chi connectivity index (χ3v) is 13.2. The van der Waals surface area contributed by atoms with Crippen molar-refractivity contribution in [3.8, 4) is 22.4 Å². The first kappa shape index (κ1) is 37.9. The Bertz CT molecular complexity index is 2180. The van der Waals surface area contributed by atoms with Gasteiger partial charge in [-0.1, -0.05) is 54.6 Å². The number of fused-ring (bicyclic) bond motifs is 2. The number of benzene rings is 2. The van der Waals surface area contributed by atoms with Crippen molar-refractivity contribution in [2.24, 2.45) is 34.6 Å². The van der Waals surface area contributed by atoms with Gasteiger partial charge in [-0.3, -0.25) is 19.6 Å². The van der Waals surface area contributed by atoms with E-state index in [2.05, 4.69) is 69.1 Å². The van der Waals surface area contributed by atoms with Crippen molar-refractivity contribution < 1.29 is 23.9 Å². The lowest BCUT2D eigenvalue weighted by atomic mass is 9.75. The summed E-state index contributed by atoms with van der Waals surface area (Å²) in [4.78, 5) is 59.0. The van der Waals surface area contributed by atoms with Crippen LogP contribution in [0.3, 0.4) is 0 Å². The topological polar surface area (TPSA) is 151 Å². The maximum absolute atomic E-state index is 14.0. The van der Waals surface area contributed by atoms with E-state index in [-0.39, 0.29) is 35.6 Å². The number of allylic oxidation sites excluding steroid dienone is 1. The minimum absolute atomic E-state index is 0.0138. The van der Waals surface area contributed by atoms with E-state index in [0.29, 0.717) is 51.0 Å². The smallest absolute Gasteiger partial charge is 0.407 e. The molecule has 0 spiro atoms. The molecule has 12 nitrogen and oxygen atoms in total. The maximum Gasteiger partial charge on any atom is 0.407 e. The van der Waals surface area contributed by atoms with Gasteiger partial charge in [0.1, 0.15) is 11.9 Å². The lowest BCUT2D eigenvalue weighted by molar-refractivity contribution is -0.136. The van der Waals surface area contributed by atoms with Gasteiger partial charge in [0.15, 0.2) is 0 Å². The molecule has 2 aromatic carbocycles. The number of aromatic nitrogens is 3. The Morgan fingerprint density at radius 1 is 0.914 bits per heavy atom. The molecule has 4 aromatic rings. The third-order valence-electron chi connectivity index (χ3n) is 13.2. The molecule has 300 valence electrons. The number of methoxy groups -OCH3 is 1. The van der Waals surface area contributed by atoms with Gasteiger partial charge in [-0.05, 0) is 102 Å². The molecule has 0 radical (unpaired) electrons. The van der Waals surface area contributed by atoms with Crippen LogP contribution in [0.4, 0.5) is 4.79 Å². The van der Waals surface area contributed by atoms with Crippen LogP contribution in [0.2, 0.25) is 0 Å². The predicted molar refractivity (Wildman–Crippen MR) is 220 cm³/mol. The molecule has 4 fully saturated rings. The van der Waals surface area contributed by atoms with Crippen molar-refractivity contribution in [1.82, 2.24) is 30.5 Å². The number of carbonyl (C=O) groups is 3. The van der Waals surface area contributed by atoms with E-state index in [0.717, 1.165) is 77.2 Å². The van der Waals surface area contributed by atoms with E-state index >= 15 is 0 Å². The highest BCUT2D eigenvalue weighted by Crippen LogP contribution is 2.54. The van der Waals surface area contributed by atoms with E-state index in [1.807, 2.05) is 35.6 Å². The second kappa shape index (κ2) is 16.7. The number of alkyl carbamates (subject to hydrolysis) is 1. The van der Waals surface area contributed by atoms with Crippen molar-refractivity contribution >= 4 is 29.2 Å². The van der Waals surface area contributed by atoms with Crippen LogP contribution in [0.5, 0.6) is 0 Å². The summed E-state index contributed by atoms with van der Waals surface area (Å²) in [6.07, 6.45) is 14.1. The Hall–Kier alpha value is -5.62. The summed E-state index contributed by atoms with van der Waals surface area (Å²) in [7, 11) is 1.32. The quantitative estimate of drug-likeness (QED) is 0.147. The number of rotatable bonds is 11. The molecule has 5 aliphatic rings. The Kier molecular flexibility index (Phi) is 10.9. The number of nitrogens with zero attached hydrogens (tertiary/aromatic N) is 4. The van der Waals surface area contributed by atoms with Gasteiger partial charge in [-0.15, -0.1) is 0 Å². The Morgan fingerprint density at radius 3 is 2.40 bits per heavy atom. The molecule has 2 aliphatic carbocycles. The summed E-state index contributed by atoms with van der Waals surface area (Å²) in [5.41, 5.74) is 8.66. The number of aromatic amines is 1. The van der Waals surface area contributed by atoms with Gasteiger partial charge in [0.05, 0.1) is 25.0 Å². The Morgan fingerprint density at radius 2 is 1.66 bits per heavy atom. The number of ether oxygens (including phenoxy) is 2. The van der Waals surface area contributed by atoms with E-state index in [1.54, 1.807) is 6.20 Å². The highest BCUT2D eigenvalue weighted by atomic mass is 16.5. The lowest BCUT2D eigenvalue weighted by Crippen LogP contribution is -2.53. The molecule has 9 rings (SSSR count). The molecule has 5 heterocycles. The van der Waals surface area contributed by atoms with Crippen LogP contribution in [0.25, 0.3) is 28.0 Å². The van der Waals surface area contributed by atoms with Crippen LogP contribution in [-0.2, 0) is 25.6 Å². The molecule has 2 aromatic heterocycles. The number of carbonyl (C=O) groups excluding carboxylic acids is 3. The standard InChI is InChI=1S/C46H51N7O5/c1-57-46(56)52-42(33-16-20-58-21-17-33)45(55)53-19-3-5-39(53)43-49-27-38(51-43)32-12-10-30(11-13-32)29-6-8-31(9-7-29)36-23-37(48-26-36)40-34-14-15-35(22-34)41(40)44(54)50-25-28-4-2-18-47-24-28/h2,4,6-13,18,24,26-27,33-35,39-42H,3,5,14-17,19-23,25H2,1H3,(H,49,51)(H,50,54)(H,52,56)/t34?,35?,39-,40+,41-,42?/m0/s1. The third kappa shape index (κ3) is 7.69. The Balaban J connectivity index is 0.824. The summed E-state index contributed by atoms with van der Waals surface area (Å²) in [6, 6.07) is 20.1. The molecule has 3 amide bonds. The highest BCUT2D eigenvalue weighted by Gasteiger charge is 2.52. The van der Waals surface area contributed by atoms with Crippen molar-refractivity contribution in [1.29, 1.82) is 0 Å². The first-order valence-electron chi connectivity index (χ1n) is 20.8. The zero-order chi connectivity index (χ0) is 39.6. The maximum atomic E-state index is 14.0. The minimum Gasteiger partial charge on any atom is -0.453 e. The van der Waals surface area contributed by atoms with E-state index in [4.69, 9.17) is 19.5 Å². The predicted octanol–water partition coefficient (Wildman–Crippen LogP) is 7.12. The van der Waals surface area contributed by atoms with Crippen LogP contribution in [0.15, 0.2) is 90.4 Å². The van der Waals surface area contributed by atoms with Crippen LogP contribution in [-0.4, -0.2) is 76.4 Å². The summed E-state index contributed by atoms with van der Waals surface area (Å²) >= 11 is 0. The number of hydrogen-bond acceptors (Lipinski definition) is 8. The van der Waals surface area contributed by atoms with Gasteiger partial charge in [0, 0.05) is 68.9 Å². The van der Waals surface area contributed by atoms with E-state index < -0.39 is 12.1 Å². The summed E-state index contributed by atoms with van der Waals surface area (Å²) in [5.74, 6) is 1.94. The van der Waals surface area contributed by atoms with Gasteiger partial charge in [-0.25, -0.2) is 9.78 Å². The summed E-state index contributed by atoms with van der Waals surface area (Å²) in [6.45, 7) is 2.25. The number of amides is 3. The summed E-state index contributed by atoms with van der Waals surface area (Å²) < 4.78 is 10.4. The van der Waals surface area contributed by atoms with Crippen molar-refractivity contribution in [3.05, 3.63) is 102 Å². The molecule has 3 aliphatic heterocycles. The van der Waals surface area contributed by atoms with Crippen LogP contribution >= 0.6 is 0 Å². The van der Waals surface area contributed by atoms with Gasteiger partial charge < -0.3 is 30.0 Å². The lowest BCUT2D eigenvalue weighted by Gasteiger charge is -2.34. The number of H-pyrrole nitrogens is 1. The van der Waals surface area contributed by atoms with E-state index in [9.17, 15) is 14.4 Å². The SMILES string of the molecule is COC(=O)NC(C(=O)N1CCC[C@H]1c1ncc(-c2ccc(-c3ccc(C4=CN=C([C@H]5C6CCC(C6)[C@@H]5C(=O)NCc5cccnc5)C4)cc3)cc2)[nH]1)C1CCOCC1. The van der Waals surface area contributed by atoms with Crippen molar-refractivity contribution in [3.63, 3.8) is 0 Å². The number of hydrogen-bond donors (Lipinski definition) is 3. The molecule has 2 saturated heterocycles. The van der Waals surface area contributed by atoms with Crippen molar-refractivity contribution in [2.75, 3.05) is 26.9 Å². The molecule has 3 unspecified atom stereocenters.